The van der Waals surface area contributed by atoms with Crippen molar-refractivity contribution in [2.45, 2.75) is 0 Å². The molecule has 5 nitrogen and oxygen atoms in total. The zero-order chi connectivity index (χ0) is 17.8. The first kappa shape index (κ1) is 17.0. The van der Waals surface area contributed by atoms with Crippen molar-refractivity contribution in [3.8, 4) is 17.3 Å². The summed E-state index contributed by atoms with van der Waals surface area (Å²) >= 11 is 4.73. The zero-order valence-corrected chi connectivity index (χ0v) is 15.1. The lowest BCUT2D eigenvalue weighted by Crippen LogP contribution is -1.88. The van der Waals surface area contributed by atoms with Crippen LogP contribution in [0.5, 0.6) is 0 Å². The minimum absolute atomic E-state index is 0.0113. The van der Waals surface area contributed by atoms with Crippen LogP contribution in [0.3, 0.4) is 0 Å². The van der Waals surface area contributed by atoms with Crippen LogP contribution in [0.4, 0.5) is 5.69 Å². The Labute approximate surface area is 156 Å². The predicted molar refractivity (Wildman–Crippen MR) is 102 cm³/mol. The predicted octanol–water partition coefficient (Wildman–Crippen LogP) is 5.54. The number of non-ortho nitro benzene ring substituents is 1. The molecule has 0 fully saturated rings. The molecule has 7 heteroatoms. The van der Waals surface area contributed by atoms with Gasteiger partial charge >= 0.3 is 0 Å². The Kier molecular flexibility index (Phi) is 5.03. The molecule has 25 heavy (non-hydrogen) atoms. The van der Waals surface area contributed by atoms with Gasteiger partial charge in [0.05, 0.1) is 16.2 Å². The molecule has 0 N–H and O–H groups in total. The first-order valence-electron chi connectivity index (χ1n) is 7.15. The first-order chi connectivity index (χ1) is 12.1. The van der Waals surface area contributed by atoms with Crippen molar-refractivity contribution in [3.63, 3.8) is 0 Å². The third kappa shape index (κ3) is 3.99. The average Bonchev–Trinajstić information content (AvgIpc) is 3.10. The minimum atomic E-state index is -0.440. The van der Waals surface area contributed by atoms with Crippen molar-refractivity contribution in [1.29, 1.82) is 5.26 Å². The van der Waals surface area contributed by atoms with E-state index in [2.05, 4.69) is 27.0 Å². The van der Waals surface area contributed by atoms with Gasteiger partial charge in [-0.15, -0.1) is 11.3 Å². The quantitative estimate of drug-likeness (QED) is 0.320. The summed E-state index contributed by atoms with van der Waals surface area (Å²) in [5.41, 5.74) is 2.60. The number of hydrogen-bond donors (Lipinski definition) is 0. The number of nitriles is 1. The normalized spacial score (nSPS) is 11.1. The summed E-state index contributed by atoms with van der Waals surface area (Å²) in [5, 5.41) is 22.7. The van der Waals surface area contributed by atoms with Crippen LogP contribution < -0.4 is 0 Å². The molecule has 1 aromatic heterocycles. The van der Waals surface area contributed by atoms with Crippen LogP contribution in [0.1, 0.15) is 10.6 Å². The molecule has 0 aliphatic rings. The van der Waals surface area contributed by atoms with E-state index in [1.54, 1.807) is 23.6 Å². The molecule has 0 saturated heterocycles. The second kappa shape index (κ2) is 7.38. The number of allylic oxidation sites excluding steroid dienone is 1. The summed E-state index contributed by atoms with van der Waals surface area (Å²) in [6.07, 6.45) is 1.76. The highest BCUT2D eigenvalue weighted by Gasteiger charge is 2.12. The van der Waals surface area contributed by atoms with Crippen LogP contribution in [0.25, 0.3) is 22.9 Å². The molecule has 0 aliphatic heterocycles. The first-order valence-corrected chi connectivity index (χ1v) is 8.82. The van der Waals surface area contributed by atoms with Crippen LogP contribution in [-0.2, 0) is 0 Å². The summed E-state index contributed by atoms with van der Waals surface area (Å²) in [5.74, 6) is 0. The molecule has 2 aromatic carbocycles. The molecular weight excluding hydrogens is 402 g/mol. The Morgan fingerprint density at radius 3 is 2.80 bits per heavy atom. The second-order valence-electron chi connectivity index (χ2n) is 5.07. The third-order valence-corrected chi connectivity index (χ3v) is 4.74. The molecular formula is C18H10BrN3O2S. The molecule has 1 heterocycles. The minimum Gasteiger partial charge on any atom is -0.258 e. The van der Waals surface area contributed by atoms with Gasteiger partial charge in [0.2, 0.25) is 0 Å². The van der Waals surface area contributed by atoms with E-state index in [1.807, 2.05) is 24.3 Å². The van der Waals surface area contributed by atoms with E-state index in [-0.39, 0.29) is 5.69 Å². The van der Waals surface area contributed by atoms with Gasteiger partial charge in [-0.2, -0.15) is 5.26 Å². The maximum absolute atomic E-state index is 10.9. The van der Waals surface area contributed by atoms with Crippen molar-refractivity contribution in [1.82, 2.24) is 4.98 Å². The van der Waals surface area contributed by atoms with E-state index >= 15 is 0 Å². The highest BCUT2D eigenvalue weighted by molar-refractivity contribution is 9.10. The monoisotopic (exact) mass is 411 g/mol. The van der Waals surface area contributed by atoms with Gasteiger partial charge in [-0.3, -0.25) is 10.1 Å². The molecule has 0 radical (unpaired) electrons. The fourth-order valence-corrected chi connectivity index (χ4v) is 3.43. The second-order valence-corrected chi connectivity index (χ2v) is 6.84. The van der Waals surface area contributed by atoms with Crippen molar-refractivity contribution in [3.05, 3.63) is 79.1 Å². The smallest absolute Gasteiger partial charge is 0.258 e. The van der Waals surface area contributed by atoms with Crippen LogP contribution in [-0.4, -0.2) is 9.91 Å². The van der Waals surface area contributed by atoms with E-state index in [4.69, 9.17) is 0 Å². The van der Waals surface area contributed by atoms with E-state index < -0.39 is 4.92 Å². The standard InChI is InChI=1S/C18H10BrN3O2S/c19-15-5-1-3-12(8-15)7-14(10-20)18-21-17(11-25-18)13-4-2-6-16(9-13)22(23)24/h1-9,11H/b14-7-. The van der Waals surface area contributed by atoms with E-state index in [0.29, 0.717) is 21.8 Å². The Bertz CT molecular complexity index is 1020. The van der Waals surface area contributed by atoms with Gasteiger partial charge in [0.1, 0.15) is 11.1 Å². The van der Waals surface area contributed by atoms with Crippen LogP contribution in [0.15, 0.2) is 58.4 Å². The van der Waals surface area contributed by atoms with Gasteiger partial charge in [0.25, 0.3) is 5.69 Å². The maximum atomic E-state index is 10.9. The van der Waals surface area contributed by atoms with Gasteiger partial charge in [0, 0.05) is 27.5 Å². The summed E-state index contributed by atoms with van der Waals surface area (Å²) in [7, 11) is 0. The highest BCUT2D eigenvalue weighted by Crippen LogP contribution is 2.29. The van der Waals surface area contributed by atoms with Crippen molar-refractivity contribution in [2.75, 3.05) is 0 Å². The highest BCUT2D eigenvalue weighted by atomic mass is 79.9. The molecule has 3 aromatic rings. The zero-order valence-electron chi connectivity index (χ0n) is 12.7. The van der Waals surface area contributed by atoms with Gasteiger partial charge in [-0.1, -0.05) is 40.2 Å². The lowest BCUT2D eigenvalue weighted by Gasteiger charge is -1.98. The van der Waals surface area contributed by atoms with E-state index in [0.717, 1.165) is 10.0 Å². The summed E-state index contributed by atoms with van der Waals surface area (Å²) in [4.78, 5) is 14.9. The SMILES string of the molecule is N#C/C(=C/c1cccc(Br)c1)c1nc(-c2cccc([N+](=O)[O-])c2)cs1. The number of benzene rings is 2. The van der Waals surface area contributed by atoms with Crippen LogP contribution in [0.2, 0.25) is 0 Å². The van der Waals surface area contributed by atoms with Gasteiger partial charge in [-0.25, -0.2) is 4.98 Å². The molecule has 0 bridgehead atoms. The molecule has 122 valence electrons. The van der Waals surface area contributed by atoms with Gasteiger partial charge in [0.15, 0.2) is 0 Å². The Hall–Kier alpha value is -2.82. The Morgan fingerprint density at radius 1 is 1.28 bits per heavy atom. The fourth-order valence-electron chi connectivity index (χ4n) is 2.21. The number of rotatable bonds is 4. The molecule has 3 rings (SSSR count). The summed E-state index contributed by atoms with van der Waals surface area (Å²) in [6.45, 7) is 0. The number of nitro benzene ring substituents is 1. The summed E-state index contributed by atoms with van der Waals surface area (Å²) < 4.78 is 0.926. The Morgan fingerprint density at radius 2 is 2.08 bits per heavy atom. The van der Waals surface area contributed by atoms with Crippen molar-refractivity contribution >= 4 is 44.6 Å². The number of thiazole rings is 1. The molecule has 0 saturated carbocycles. The van der Waals surface area contributed by atoms with E-state index in [9.17, 15) is 15.4 Å². The largest absolute Gasteiger partial charge is 0.270 e. The van der Waals surface area contributed by atoms with Gasteiger partial charge < -0.3 is 0 Å². The number of halogens is 1. The average molecular weight is 412 g/mol. The number of hydrogen-bond acceptors (Lipinski definition) is 5. The van der Waals surface area contributed by atoms with Gasteiger partial charge in [-0.05, 0) is 23.8 Å². The topological polar surface area (TPSA) is 79.8 Å². The van der Waals surface area contributed by atoms with Crippen molar-refractivity contribution < 1.29 is 4.92 Å². The fraction of sp³-hybridized carbons (Fsp3) is 0. The summed E-state index contributed by atoms with van der Waals surface area (Å²) in [6, 6.07) is 16.1. The lowest BCUT2D eigenvalue weighted by atomic mass is 10.1. The number of aromatic nitrogens is 1. The maximum Gasteiger partial charge on any atom is 0.270 e. The third-order valence-electron chi connectivity index (χ3n) is 3.37. The molecule has 0 aliphatic carbocycles. The van der Waals surface area contributed by atoms with E-state index in [1.165, 1.54) is 23.5 Å². The lowest BCUT2D eigenvalue weighted by molar-refractivity contribution is -0.384. The number of nitro groups is 1. The molecule has 0 spiro atoms. The molecule has 0 amide bonds. The van der Waals surface area contributed by atoms with Crippen LogP contribution >= 0.6 is 27.3 Å². The number of nitrogens with zero attached hydrogens (tertiary/aromatic N) is 3. The van der Waals surface area contributed by atoms with Crippen molar-refractivity contribution in [2.24, 2.45) is 0 Å². The Balaban J connectivity index is 1.96. The molecule has 0 unspecified atom stereocenters. The molecule has 0 atom stereocenters. The van der Waals surface area contributed by atoms with Crippen LogP contribution in [0, 0.1) is 21.4 Å².